The Morgan fingerprint density at radius 2 is 1.91 bits per heavy atom. The van der Waals surface area contributed by atoms with Gasteiger partial charge in [0.1, 0.15) is 0 Å². The van der Waals surface area contributed by atoms with Gasteiger partial charge in [-0.15, -0.1) is 0 Å². The van der Waals surface area contributed by atoms with Crippen LogP contribution in [0.5, 0.6) is 0 Å². The smallest absolute Gasteiger partial charge is 0.292 e. The van der Waals surface area contributed by atoms with Crippen molar-refractivity contribution in [1.82, 2.24) is 19.8 Å². The molecule has 4 rings (SSSR count). The van der Waals surface area contributed by atoms with Gasteiger partial charge in [0.25, 0.3) is 5.91 Å². The second kappa shape index (κ2) is 5.01. The lowest BCUT2D eigenvalue weighted by atomic mass is 9.66. The minimum absolute atomic E-state index is 0.00270. The molecule has 3 aliphatic rings. The first kappa shape index (κ1) is 14.6. The van der Waals surface area contributed by atoms with Crippen molar-refractivity contribution >= 4 is 11.8 Å². The molecule has 0 aromatic carbocycles. The monoisotopic (exact) mass is 314 g/mol. The van der Waals surface area contributed by atoms with E-state index < -0.39 is 0 Å². The number of nitrogens with zero attached hydrogens (tertiary/aromatic N) is 4. The van der Waals surface area contributed by atoms with Crippen LogP contribution in [0, 0.1) is 5.41 Å². The number of hydrogen-bond acceptors (Lipinski definition) is 4. The fourth-order valence-corrected chi connectivity index (χ4v) is 5.17. The minimum Gasteiger partial charge on any atom is -0.337 e. The normalized spacial score (nSPS) is 35.3. The number of likely N-dealkylation sites (tertiary alicyclic amines) is 2. The average molecular weight is 314 g/mol. The van der Waals surface area contributed by atoms with Gasteiger partial charge < -0.3 is 9.80 Å². The summed E-state index contributed by atoms with van der Waals surface area (Å²) in [7, 11) is 0. The summed E-state index contributed by atoms with van der Waals surface area (Å²) in [5.74, 6) is 0.298. The topological polar surface area (TPSA) is 66.4 Å². The van der Waals surface area contributed by atoms with Crippen molar-refractivity contribution in [2.75, 3.05) is 6.54 Å². The van der Waals surface area contributed by atoms with Crippen molar-refractivity contribution in [3.8, 4) is 0 Å². The van der Waals surface area contributed by atoms with Gasteiger partial charge in [0.05, 0.1) is 6.04 Å². The number of aromatic nitrogens is 2. The Hall–Kier alpha value is -1.98. The Kier molecular flexibility index (Phi) is 3.18. The number of carbonyl (C=O) groups excluding carboxylic acids is 2. The van der Waals surface area contributed by atoms with Crippen LogP contribution in [0.3, 0.4) is 0 Å². The first-order valence-corrected chi connectivity index (χ1v) is 8.39. The number of hydrogen-bond donors (Lipinski definition) is 0. The molecular weight excluding hydrogens is 292 g/mol. The lowest BCUT2D eigenvalue weighted by Crippen LogP contribution is -2.57. The van der Waals surface area contributed by atoms with Crippen LogP contribution in [0.25, 0.3) is 0 Å². The zero-order chi connectivity index (χ0) is 16.2. The summed E-state index contributed by atoms with van der Waals surface area (Å²) < 4.78 is 0. The van der Waals surface area contributed by atoms with Crippen LogP contribution in [0.1, 0.15) is 50.1 Å². The van der Waals surface area contributed by atoms with Crippen LogP contribution in [0.15, 0.2) is 18.5 Å². The third-order valence-corrected chi connectivity index (χ3v) is 6.06. The maximum atomic E-state index is 13.0. The lowest BCUT2D eigenvalue weighted by Gasteiger charge is -2.49. The highest BCUT2D eigenvalue weighted by Crippen LogP contribution is 2.54. The van der Waals surface area contributed by atoms with Crippen LogP contribution >= 0.6 is 0 Å². The van der Waals surface area contributed by atoms with E-state index in [-0.39, 0.29) is 41.2 Å². The summed E-state index contributed by atoms with van der Waals surface area (Å²) in [5, 5.41) is 0. The summed E-state index contributed by atoms with van der Waals surface area (Å²) >= 11 is 0. The Balaban J connectivity index is 1.73. The van der Waals surface area contributed by atoms with Gasteiger partial charge in [0, 0.05) is 43.4 Å². The maximum absolute atomic E-state index is 13.0. The van der Waals surface area contributed by atoms with Gasteiger partial charge >= 0.3 is 0 Å². The van der Waals surface area contributed by atoms with E-state index in [0.717, 1.165) is 25.7 Å². The Morgan fingerprint density at radius 3 is 2.61 bits per heavy atom. The summed E-state index contributed by atoms with van der Waals surface area (Å²) in [4.78, 5) is 37.4. The second-order valence-electron chi connectivity index (χ2n) is 7.28. The minimum atomic E-state index is -0.0876. The summed E-state index contributed by atoms with van der Waals surface area (Å²) in [5.41, 5.74) is -0.00270. The van der Waals surface area contributed by atoms with Gasteiger partial charge in [0.2, 0.25) is 11.7 Å². The van der Waals surface area contributed by atoms with Crippen molar-refractivity contribution in [3.63, 3.8) is 0 Å². The molecule has 4 atom stereocenters. The maximum Gasteiger partial charge on any atom is 0.292 e. The quantitative estimate of drug-likeness (QED) is 0.787. The fourth-order valence-electron chi connectivity index (χ4n) is 5.17. The molecule has 3 fully saturated rings. The molecule has 1 aromatic rings. The molecule has 1 aromatic heterocycles. The predicted octanol–water partition coefficient (Wildman–Crippen LogP) is 1.48. The average Bonchev–Trinajstić information content (AvgIpc) is 2.84. The highest BCUT2D eigenvalue weighted by atomic mass is 16.2. The van der Waals surface area contributed by atoms with E-state index >= 15 is 0 Å². The molecule has 0 unspecified atom stereocenters. The van der Waals surface area contributed by atoms with Crippen molar-refractivity contribution < 1.29 is 9.59 Å². The zero-order valence-corrected chi connectivity index (χ0v) is 13.6. The largest absolute Gasteiger partial charge is 0.337 e. The standard InChI is InChI=1S/C17H22N4O2/c1-11(22)20-10-12-9-17(2)13(20)5-3-6-14(17)21(12)16(23)15-18-7-4-8-19-15/h4,7-8,12-14H,3,5-6,9-10H2,1-2H3/t12-,13+,14-,17+/m0/s1. The van der Waals surface area contributed by atoms with Crippen LogP contribution in [-0.4, -0.2) is 56.3 Å². The fraction of sp³-hybridized carbons (Fsp3) is 0.647. The summed E-state index contributed by atoms with van der Waals surface area (Å²) in [6.07, 6.45) is 7.30. The highest BCUT2D eigenvalue weighted by molar-refractivity contribution is 5.91. The number of piperidine rings is 1. The molecule has 6 heteroatoms. The lowest BCUT2D eigenvalue weighted by molar-refractivity contribution is -0.137. The molecule has 23 heavy (non-hydrogen) atoms. The SMILES string of the molecule is CC(=O)N1C[C@@H]2C[C@@]3(C)[C@H](CCC[C@@H]13)N2C(=O)c1ncccn1. The number of carbonyl (C=O) groups is 2. The summed E-state index contributed by atoms with van der Waals surface area (Å²) in [6.45, 7) is 4.54. The van der Waals surface area contributed by atoms with E-state index in [4.69, 9.17) is 0 Å². The van der Waals surface area contributed by atoms with E-state index in [1.807, 2.05) is 9.80 Å². The molecule has 2 aliphatic heterocycles. The predicted molar refractivity (Wildman–Crippen MR) is 83.5 cm³/mol. The summed E-state index contributed by atoms with van der Waals surface area (Å²) in [6, 6.07) is 2.24. The van der Waals surface area contributed by atoms with Gasteiger partial charge in [-0.2, -0.15) is 0 Å². The third kappa shape index (κ3) is 2.00. The van der Waals surface area contributed by atoms with Gasteiger partial charge in [-0.05, 0) is 31.7 Å². The Bertz CT molecular complexity index is 649. The molecule has 1 aliphatic carbocycles. The molecule has 6 nitrogen and oxygen atoms in total. The number of amides is 2. The molecule has 0 radical (unpaired) electrons. The molecule has 0 spiro atoms. The van der Waals surface area contributed by atoms with Gasteiger partial charge in [-0.3, -0.25) is 9.59 Å². The molecular formula is C17H22N4O2. The molecule has 2 saturated heterocycles. The van der Waals surface area contributed by atoms with Crippen LogP contribution in [0.2, 0.25) is 0 Å². The van der Waals surface area contributed by atoms with Crippen molar-refractivity contribution in [2.45, 2.75) is 57.7 Å². The molecule has 0 N–H and O–H groups in total. The molecule has 122 valence electrons. The second-order valence-corrected chi connectivity index (χ2v) is 7.28. The van der Waals surface area contributed by atoms with E-state index in [9.17, 15) is 9.59 Å². The molecule has 2 bridgehead atoms. The molecule has 2 amide bonds. The van der Waals surface area contributed by atoms with Crippen molar-refractivity contribution in [3.05, 3.63) is 24.3 Å². The highest BCUT2D eigenvalue weighted by Gasteiger charge is 2.61. The number of fused-ring (bicyclic) bond motifs is 1. The zero-order valence-electron chi connectivity index (χ0n) is 13.6. The van der Waals surface area contributed by atoms with E-state index in [1.165, 1.54) is 0 Å². The van der Waals surface area contributed by atoms with Crippen molar-refractivity contribution in [1.29, 1.82) is 0 Å². The van der Waals surface area contributed by atoms with Gasteiger partial charge in [-0.1, -0.05) is 6.92 Å². The van der Waals surface area contributed by atoms with Crippen LogP contribution in [0.4, 0.5) is 0 Å². The third-order valence-electron chi connectivity index (χ3n) is 6.06. The molecule has 1 saturated carbocycles. The van der Waals surface area contributed by atoms with Crippen LogP contribution in [-0.2, 0) is 4.79 Å². The van der Waals surface area contributed by atoms with Crippen LogP contribution < -0.4 is 0 Å². The molecule has 3 heterocycles. The van der Waals surface area contributed by atoms with E-state index in [2.05, 4.69) is 16.9 Å². The first-order valence-electron chi connectivity index (χ1n) is 8.39. The number of rotatable bonds is 1. The van der Waals surface area contributed by atoms with E-state index in [0.29, 0.717) is 6.54 Å². The van der Waals surface area contributed by atoms with Gasteiger partial charge in [0.15, 0.2) is 0 Å². The first-order chi connectivity index (χ1) is 11.0. The van der Waals surface area contributed by atoms with E-state index in [1.54, 1.807) is 25.4 Å². The van der Waals surface area contributed by atoms with Gasteiger partial charge in [-0.25, -0.2) is 9.97 Å². The Labute approximate surface area is 135 Å². The van der Waals surface area contributed by atoms with Crippen molar-refractivity contribution in [2.24, 2.45) is 5.41 Å². The Morgan fingerprint density at radius 1 is 1.22 bits per heavy atom.